The normalized spacial score (nSPS) is 19.6. The Hall–Kier alpha value is -0.790. The summed E-state index contributed by atoms with van der Waals surface area (Å²) in [7, 11) is 0. The number of carbonyl (C=O) groups is 1. The standard InChI is InChI=1S/C13H23NO/c1-4-12(14-13(15)10(2)3)11-8-6-5-7-9-11/h11-12H,2,4-9H2,1,3H3,(H,14,15). The van der Waals surface area contributed by atoms with Gasteiger partial charge in [0.2, 0.25) is 5.91 Å². The quantitative estimate of drug-likeness (QED) is 0.708. The molecule has 1 atom stereocenters. The highest BCUT2D eigenvalue weighted by Gasteiger charge is 2.23. The Labute approximate surface area is 93.1 Å². The molecule has 0 bridgehead atoms. The molecule has 0 heterocycles. The highest BCUT2D eigenvalue weighted by Crippen LogP contribution is 2.27. The van der Waals surface area contributed by atoms with Gasteiger partial charge < -0.3 is 5.32 Å². The fraction of sp³-hybridized carbons (Fsp3) is 0.769. The van der Waals surface area contributed by atoms with Gasteiger partial charge in [-0.3, -0.25) is 4.79 Å². The van der Waals surface area contributed by atoms with Crippen LogP contribution in [0.1, 0.15) is 52.4 Å². The number of amides is 1. The van der Waals surface area contributed by atoms with E-state index in [9.17, 15) is 4.79 Å². The molecule has 2 nitrogen and oxygen atoms in total. The summed E-state index contributed by atoms with van der Waals surface area (Å²) in [5.41, 5.74) is 0.615. The van der Waals surface area contributed by atoms with Gasteiger partial charge in [-0.05, 0) is 32.1 Å². The van der Waals surface area contributed by atoms with Crippen molar-refractivity contribution in [3.63, 3.8) is 0 Å². The first-order chi connectivity index (χ1) is 7.15. The van der Waals surface area contributed by atoms with Gasteiger partial charge in [-0.1, -0.05) is 32.8 Å². The first-order valence-electron chi connectivity index (χ1n) is 6.11. The van der Waals surface area contributed by atoms with Gasteiger partial charge in [-0.2, -0.15) is 0 Å². The molecule has 1 fully saturated rings. The van der Waals surface area contributed by atoms with Gasteiger partial charge in [-0.25, -0.2) is 0 Å². The molecule has 0 aromatic carbocycles. The maximum atomic E-state index is 11.5. The van der Waals surface area contributed by atoms with Gasteiger partial charge >= 0.3 is 0 Å². The Morgan fingerprint density at radius 2 is 2.00 bits per heavy atom. The topological polar surface area (TPSA) is 29.1 Å². The van der Waals surface area contributed by atoms with E-state index in [0.29, 0.717) is 17.5 Å². The van der Waals surface area contributed by atoms with E-state index in [2.05, 4.69) is 18.8 Å². The summed E-state index contributed by atoms with van der Waals surface area (Å²) in [5.74, 6) is 0.708. The molecule has 0 aliphatic heterocycles. The molecule has 0 aromatic rings. The molecule has 0 spiro atoms. The lowest BCUT2D eigenvalue weighted by Crippen LogP contribution is -2.40. The molecule has 0 radical (unpaired) electrons. The van der Waals surface area contributed by atoms with Crippen molar-refractivity contribution in [3.8, 4) is 0 Å². The fourth-order valence-corrected chi connectivity index (χ4v) is 2.38. The van der Waals surface area contributed by atoms with Gasteiger partial charge in [0.25, 0.3) is 0 Å². The number of carbonyl (C=O) groups excluding carboxylic acids is 1. The Kier molecular flexibility index (Phi) is 4.86. The van der Waals surface area contributed by atoms with E-state index in [0.717, 1.165) is 6.42 Å². The molecule has 1 unspecified atom stereocenters. The molecule has 1 saturated carbocycles. The van der Waals surface area contributed by atoms with Crippen LogP contribution in [0.25, 0.3) is 0 Å². The third kappa shape index (κ3) is 3.69. The van der Waals surface area contributed by atoms with Crippen molar-refractivity contribution in [1.29, 1.82) is 0 Å². The molecule has 2 heteroatoms. The van der Waals surface area contributed by atoms with Crippen LogP contribution in [0.3, 0.4) is 0 Å². The van der Waals surface area contributed by atoms with Crippen molar-refractivity contribution in [2.45, 2.75) is 58.4 Å². The van der Waals surface area contributed by atoms with Crippen molar-refractivity contribution >= 4 is 5.91 Å². The van der Waals surface area contributed by atoms with Gasteiger partial charge in [0.1, 0.15) is 0 Å². The highest BCUT2D eigenvalue weighted by molar-refractivity contribution is 5.92. The van der Waals surface area contributed by atoms with E-state index in [1.807, 2.05) is 0 Å². The summed E-state index contributed by atoms with van der Waals surface area (Å²) in [6, 6.07) is 0.356. The van der Waals surface area contributed by atoms with Gasteiger partial charge in [0.15, 0.2) is 0 Å². The van der Waals surface area contributed by atoms with E-state index in [1.54, 1.807) is 6.92 Å². The van der Waals surface area contributed by atoms with Gasteiger partial charge in [0, 0.05) is 11.6 Å². The predicted octanol–water partition coefficient (Wildman–Crippen LogP) is 3.04. The van der Waals surface area contributed by atoms with Crippen LogP contribution < -0.4 is 5.32 Å². The van der Waals surface area contributed by atoms with E-state index in [4.69, 9.17) is 0 Å². The van der Waals surface area contributed by atoms with Crippen LogP contribution in [-0.2, 0) is 4.79 Å². The SMILES string of the molecule is C=C(C)C(=O)NC(CC)C1CCCCC1. The Balaban J connectivity index is 2.46. The fourth-order valence-electron chi connectivity index (χ4n) is 2.38. The summed E-state index contributed by atoms with van der Waals surface area (Å²) in [6.07, 6.45) is 7.59. The maximum Gasteiger partial charge on any atom is 0.246 e. The molecule has 0 saturated heterocycles. The average molecular weight is 209 g/mol. The van der Waals surface area contributed by atoms with E-state index in [1.165, 1.54) is 32.1 Å². The number of nitrogens with one attached hydrogen (secondary N) is 1. The first-order valence-corrected chi connectivity index (χ1v) is 6.11. The second-order valence-corrected chi connectivity index (χ2v) is 4.67. The smallest absolute Gasteiger partial charge is 0.246 e. The maximum absolute atomic E-state index is 11.5. The molecule has 15 heavy (non-hydrogen) atoms. The van der Waals surface area contributed by atoms with Crippen molar-refractivity contribution in [2.24, 2.45) is 5.92 Å². The van der Waals surface area contributed by atoms with Gasteiger partial charge in [-0.15, -0.1) is 0 Å². The minimum Gasteiger partial charge on any atom is -0.349 e. The minimum absolute atomic E-state index is 0.0208. The summed E-state index contributed by atoms with van der Waals surface area (Å²) in [5, 5.41) is 3.10. The van der Waals surface area contributed by atoms with Crippen LogP contribution in [0.5, 0.6) is 0 Å². The largest absolute Gasteiger partial charge is 0.349 e. The van der Waals surface area contributed by atoms with Gasteiger partial charge in [0.05, 0.1) is 0 Å². The third-order valence-electron chi connectivity index (χ3n) is 3.36. The lowest BCUT2D eigenvalue weighted by molar-refractivity contribution is -0.118. The zero-order chi connectivity index (χ0) is 11.3. The molecule has 0 aromatic heterocycles. The summed E-state index contributed by atoms with van der Waals surface area (Å²) >= 11 is 0. The van der Waals surface area contributed by atoms with Crippen molar-refractivity contribution in [1.82, 2.24) is 5.32 Å². The first kappa shape index (κ1) is 12.3. The second kappa shape index (κ2) is 5.94. The zero-order valence-electron chi connectivity index (χ0n) is 10.0. The molecule has 86 valence electrons. The van der Waals surface area contributed by atoms with Crippen molar-refractivity contribution < 1.29 is 4.79 Å². The Bertz CT molecular complexity index is 229. The van der Waals surface area contributed by atoms with Crippen LogP contribution in [0.2, 0.25) is 0 Å². The van der Waals surface area contributed by atoms with E-state index >= 15 is 0 Å². The molecular weight excluding hydrogens is 186 g/mol. The predicted molar refractivity (Wildman–Crippen MR) is 63.6 cm³/mol. The number of hydrogen-bond donors (Lipinski definition) is 1. The van der Waals surface area contributed by atoms with Crippen molar-refractivity contribution in [2.75, 3.05) is 0 Å². The molecule has 1 aliphatic carbocycles. The monoisotopic (exact) mass is 209 g/mol. The molecule has 1 aliphatic rings. The Morgan fingerprint density at radius 1 is 1.40 bits per heavy atom. The lowest BCUT2D eigenvalue weighted by atomic mass is 9.83. The van der Waals surface area contributed by atoms with E-state index in [-0.39, 0.29) is 5.91 Å². The van der Waals surface area contributed by atoms with Crippen molar-refractivity contribution in [3.05, 3.63) is 12.2 Å². The van der Waals surface area contributed by atoms with Crippen LogP contribution >= 0.6 is 0 Å². The molecule has 1 amide bonds. The zero-order valence-corrected chi connectivity index (χ0v) is 10.0. The molecular formula is C13H23NO. The minimum atomic E-state index is 0.0208. The Morgan fingerprint density at radius 3 is 2.47 bits per heavy atom. The third-order valence-corrected chi connectivity index (χ3v) is 3.36. The van der Waals surface area contributed by atoms with Crippen LogP contribution in [0.4, 0.5) is 0 Å². The van der Waals surface area contributed by atoms with Crippen LogP contribution in [0.15, 0.2) is 12.2 Å². The summed E-state index contributed by atoms with van der Waals surface area (Å²) < 4.78 is 0. The summed E-state index contributed by atoms with van der Waals surface area (Å²) in [4.78, 5) is 11.5. The number of hydrogen-bond acceptors (Lipinski definition) is 1. The summed E-state index contributed by atoms with van der Waals surface area (Å²) in [6.45, 7) is 7.59. The average Bonchev–Trinajstić information content (AvgIpc) is 2.26. The number of rotatable bonds is 4. The molecule has 1 rings (SSSR count). The lowest BCUT2D eigenvalue weighted by Gasteiger charge is -2.30. The van der Waals surface area contributed by atoms with E-state index < -0.39 is 0 Å². The second-order valence-electron chi connectivity index (χ2n) is 4.67. The molecule has 1 N–H and O–H groups in total. The van der Waals surface area contributed by atoms with Crippen LogP contribution in [0, 0.1) is 5.92 Å². The van der Waals surface area contributed by atoms with Crippen LogP contribution in [-0.4, -0.2) is 11.9 Å². The highest BCUT2D eigenvalue weighted by atomic mass is 16.1.